The van der Waals surface area contributed by atoms with Crippen molar-refractivity contribution in [1.29, 1.82) is 0 Å². The molecule has 0 aliphatic rings. The van der Waals surface area contributed by atoms with Crippen molar-refractivity contribution >= 4 is 16.8 Å². The van der Waals surface area contributed by atoms with Crippen LogP contribution in [-0.2, 0) is 4.79 Å². The molecule has 118 valence electrons. The number of nitrogens with zero attached hydrogens (tertiary/aromatic N) is 2. The minimum Gasteiger partial charge on any atom is -0.333 e. The number of unbranched alkanes of at least 4 members (excludes halogenated alkanes) is 2. The van der Waals surface area contributed by atoms with Gasteiger partial charge in [-0.3, -0.25) is 9.59 Å². The Bertz CT molecular complexity index is 708. The Labute approximate surface area is 130 Å². The van der Waals surface area contributed by atoms with E-state index in [1.165, 1.54) is 0 Å². The third-order valence-corrected chi connectivity index (χ3v) is 3.90. The fourth-order valence-electron chi connectivity index (χ4n) is 2.61. The van der Waals surface area contributed by atoms with E-state index >= 15 is 0 Å². The van der Waals surface area contributed by atoms with Crippen molar-refractivity contribution in [2.24, 2.45) is 0 Å². The molecule has 1 atom stereocenters. The van der Waals surface area contributed by atoms with Gasteiger partial charge in [0.1, 0.15) is 5.82 Å². The number of nitrogens with one attached hydrogen (secondary N) is 1. The molecule has 1 heterocycles. The third-order valence-electron chi connectivity index (χ3n) is 3.90. The quantitative estimate of drug-likeness (QED) is 0.834. The molecule has 0 fully saturated rings. The zero-order valence-electron chi connectivity index (χ0n) is 13.4. The largest absolute Gasteiger partial charge is 0.333 e. The number of H-pyrrole nitrogens is 1. The third kappa shape index (κ3) is 3.53. The van der Waals surface area contributed by atoms with Crippen molar-refractivity contribution in [3.8, 4) is 0 Å². The first-order valence-electron chi connectivity index (χ1n) is 7.80. The Balaban J connectivity index is 2.32. The predicted molar refractivity (Wildman–Crippen MR) is 87.7 cm³/mol. The van der Waals surface area contributed by atoms with Gasteiger partial charge in [-0.25, -0.2) is 4.98 Å². The summed E-state index contributed by atoms with van der Waals surface area (Å²) in [4.78, 5) is 33.2. The average Bonchev–Trinajstić information content (AvgIpc) is 2.50. The van der Waals surface area contributed by atoms with Crippen LogP contribution in [0.4, 0.5) is 0 Å². The van der Waals surface area contributed by atoms with Gasteiger partial charge in [0.15, 0.2) is 0 Å². The molecule has 0 spiro atoms. The summed E-state index contributed by atoms with van der Waals surface area (Å²) >= 11 is 0. The molecule has 0 aliphatic heterocycles. The molecule has 0 saturated carbocycles. The molecular formula is C17H23N3O2. The van der Waals surface area contributed by atoms with Crippen LogP contribution >= 0.6 is 0 Å². The highest BCUT2D eigenvalue weighted by molar-refractivity contribution is 5.77. The van der Waals surface area contributed by atoms with Crippen molar-refractivity contribution in [1.82, 2.24) is 14.9 Å². The molecule has 22 heavy (non-hydrogen) atoms. The van der Waals surface area contributed by atoms with E-state index in [1.54, 1.807) is 17.9 Å². The summed E-state index contributed by atoms with van der Waals surface area (Å²) < 4.78 is 0. The number of benzene rings is 1. The fraction of sp³-hybridized carbons (Fsp3) is 0.471. The van der Waals surface area contributed by atoms with Crippen LogP contribution in [0.25, 0.3) is 10.9 Å². The van der Waals surface area contributed by atoms with Crippen LogP contribution in [0.15, 0.2) is 29.1 Å². The van der Waals surface area contributed by atoms with Crippen LogP contribution in [0, 0.1) is 0 Å². The highest BCUT2D eigenvalue weighted by atomic mass is 16.2. The summed E-state index contributed by atoms with van der Waals surface area (Å²) in [5.74, 6) is 0.537. The van der Waals surface area contributed by atoms with E-state index in [-0.39, 0.29) is 17.5 Å². The minimum atomic E-state index is -0.244. The van der Waals surface area contributed by atoms with Gasteiger partial charge in [-0.05, 0) is 25.5 Å². The van der Waals surface area contributed by atoms with Gasteiger partial charge in [-0.1, -0.05) is 31.9 Å². The summed E-state index contributed by atoms with van der Waals surface area (Å²) in [5.41, 5.74) is 0.495. The van der Waals surface area contributed by atoms with Crippen molar-refractivity contribution in [2.45, 2.75) is 46.1 Å². The van der Waals surface area contributed by atoms with Crippen LogP contribution in [0.3, 0.4) is 0 Å². The van der Waals surface area contributed by atoms with Crippen LogP contribution in [0.1, 0.15) is 51.9 Å². The monoisotopic (exact) mass is 301 g/mol. The molecule has 0 bridgehead atoms. The number of fused-ring (bicyclic) bond motifs is 1. The van der Waals surface area contributed by atoms with E-state index in [2.05, 4.69) is 16.9 Å². The molecule has 0 saturated heterocycles. The lowest BCUT2D eigenvalue weighted by atomic mass is 10.2. The molecular weight excluding hydrogens is 278 g/mol. The Morgan fingerprint density at radius 1 is 1.32 bits per heavy atom. The van der Waals surface area contributed by atoms with Crippen LogP contribution < -0.4 is 5.56 Å². The number of hydrogen-bond donors (Lipinski definition) is 1. The molecule has 1 aromatic heterocycles. The summed E-state index contributed by atoms with van der Waals surface area (Å²) in [7, 11) is 0. The topological polar surface area (TPSA) is 66.1 Å². The number of carbonyl (C=O) groups is 1. The Hall–Kier alpha value is -2.17. The van der Waals surface area contributed by atoms with Crippen molar-refractivity contribution in [3.63, 3.8) is 0 Å². The van der Waals surface area contributed by atoms with Gasteiger partial charge in [0.05, 0.1) is 16.9 Å². The normalized spacial score (nSPS) is 12.3. The van der Waals surface area contributed by atoms with Gasteiger partial charge in [0, 0.05) is 13.5 Å². The van der Waals surface area contributed by atoms with Crippen LogP contribution in [0.2, 0.25) is 0 Å². The summed E-state index contributed by atoms with van der Waals surface area (Å²) in [6, 6.07) is 6.99. The Morgan fingerprint density at radius 2 is 2.05 bits per heavy atom. The van der Waals surface area contributed by atoms with Crippen LogP contribution in [0.5, 0.6) is 0 Å². The first kappa shape index (κ1) is 16.2. The number of aromatic nitrogens is 2. The van der Waals surface area contributed by atoms with E-state index in [0.717, 1.165) is 19.3 Å². The number of para-hydroxylation sites is 1. The lowest BCUT2D eigenvalue weighted by Crippen LogP contribution is -2.34. The van der Waals surface area contributed by atoms with E-state index in [1.807, 2.05) is 25.1 Å². The summed E-state index contributed by atoms with van der Waals surface area (Å²) in [6.07, 6.45) is 3.14. The van der Waals surface area contributed by atoms with Gasteiger partial charge in [0.25, 0.3) is 5.56 Å². The molecule has 1 aromatic carbocycles. The molecule has 0 aliphatic carbocycles. The van der Waals surface area contributed by atoms with Gasteiger partial charge in [-0.15, -0.1) is 0 Å². The molecule has 1 N–H and O–H groups in total. The van der Waals surface area contributed by atoms with Gasteiger partial charge >= 0.3 is 0 Å². The fourth-order valence-corrected chi connectivity index (χ4v) is 2.61. The number of rotatable bonds is 6. The van der Waals surface area contributed by atoms with E-state index in [9.17, 15) is 9.59 Å². The zero-order valence-corrected chi connectivity index (χ0v) is 13.4. The Morgan fingerprint density at radius 3 is 2.73 bits per heavy atom. The van der Waals surface area contributed by atoms with E-state index in [0.29, 0.717) is 23.3 Å². The van der Waals surface area contributed by atoms with E-state index in [4.69, 9.17) is 0 Å². The standard InChI is InChI=1S/C17H23N3O2/c1-4-5-8-11-20(13(3)21)12(2)16-18-15-10-7-6-9-14(15)17(22)19-16/h6-7,9-10,12H,4-5,8,11H2,1-3H3,(H,18,19,22)/t12-/m1/s1. The lowest BCUT2D eigenvalue weighted by Gasteiger charge is -2.27. The SMILES string of the molecule is CCCCCN(C(C)=O)[C@H](C)c1nc2ccccc2c(=O)[nH]1. The summed E-state index contributed by atoms with van der Waals surface area (Å²) in [6.45, 7) is 6.27. The van der Waals surface area contributed by atoms with Gasteiger partial charge < -0.3 is 9.88 Å². The minimum absolute atomic E-state index is 0.000546. The number of amides is 1. The molecule has 2 aromatic rings. The van der Waals surface area contributed by atoms with Crippen molar-refractivity contribution < 1.29 is 4.79 Å². The first-order valence-corrected chi connectivity index (χ1v) is 7.80. The molecule has 5 heteroatoms. The predicted octanol–water partition coefficient (Wildman–Crippen LogP) is 3.02. The molecule has 5 nitrogen and oxygen atoms in total. The molecule has 0 unspecified atom stereocenters. The number of carbonyl (C=O) groups excluding carboxylic acids is 1. The maximum absolute atomic E-state index is 12.2. The maximum atomic E-state index is 12.2. The van der Waals surface area contributed by atoms with Gasteiger partial charge in [-0.2, -0.15) is 0 Å². The number of aromatic amines is 1. The maximum Gasteiger partial charge on any atom is 0.258 e. The lowest BCUT2D eigenvalue weighted by molar-refractivity contribution is -0.131. The molecule has 2 rings (SSSR count). The Kier molecular flexibility index (Phi) is 5.31. The smallest absolute Gasteiger partial charge is 0.258 e. The van der Waals surface area contributed by atoms with Crippen molar-refractivity contribution in [2.75, 3.05) is 6.54 Å². The second-order valence-electron chi connectivity index (χ2n) is 5.56. The highest BCUT2D eigenvalue weighted by Gasteiger charge is 2.20. The molecule has 0 radical (unpaired) electrons. The highest BCUT2D eigenvalue weighted by Crippen LogP contribution is 2.18. The first-order chi connectivity index (χ1) is 10.5. The van der Waals surface area contributed by atoms with Crippen molar-refractivity contribution in [3.05, 3.63) is 40.4 Å². The van der Waals surface area contributed by atoms with Crippen LogP contribution in [-0.4, -0.2) is 27.3 Å². The second-order valence-corrected chi connectivity index (χ2v) is 5.56. The zero-order chi connectivity index (χ0) is 16.1. The average molecular weight is 301 g/mol. The second kappa shape index (κ2) is 7.20. The van der Waals surface area contributed by atoms with E-state index < -0.39 is 0 Å². The summed E-state index contributed by atoms with van der Waals surface area (Å²) in [5, 5.41) is 0.568. The molecule has 1 amide bonds. The van der Waals surface area contributed by atoms with Gasteiger partial charge in [0.2, 0.25) is 5.91 Å². The number of hydrogen-bond acceptors (Lipinski definition) is 3.